The number of hydrogen-bond acceptors (Lipinski definition) is 2. The Hall–Kier alpha value is -0.490. The van der Waals surface area contributed by atoms with Gasteiger partial charge in [0.15, 0.2) is 0 Å². The van der Waals surface area contributed by atoms with Crippen molar-refractivity contribution in [1.82, 2.24) is 5.32 Å². The molecule has 1 aliphatic rings. The number of benzene rings is 1. The van der Waals surface area contributed by atoms with E-state index in [1.807, 2.05) is 0 Å². The molecule has 0 saturated carbocycles. The maximum atomic E-state index is 12.7. The first-order valence-electron chi connectivity index (χ1n) is 5.17. The number of hydrogen-bond donors (Lipinski definition) is 1. The molecule has 18 heavy (non-hydrogen) atoms. The highest BCUT2D eigenvalue weighted by molar-refractivity contribution is 6.31. The number of rotatable bonds is 1. The minimum Gasteiger partial charge on any atom is -0.371 e. The normalized spacial score (nSPS) is 20.3. The number of nitrogens with one attached hydrogen (secondary N) is 1. The van der Waals surface area contributed by atoms with E-state index in [0.717, 1.165) is 12.6 Å². The molecule has 1 aromatic carbocycles. The van der Waals surface area contributed by atoms with Crippen LogP contribution in [-0.4, -0.2) is 19.7 Å². The molecule has 0 aliphatic carbocycles. The molecule has 7 heteroatoms. The molecule has 1 N–H and O–H groups in total. The second kappa shape index (κ2) is 6.10. The first-order chi connectivity index (χ1) is 7.98. The summed E-state index contributed by atoms with van der Waals surface area (Å²) in [4.78, 5) is 0. The Balaban J connectivity index is 0.00000162. The summed E-state index contributed by atoms with van der Waals surface area (Å²) in [7, 11) is 0. The van der Waals surface area contributed by atoms with E-state index in [0.29, 0.717) is 18.7 Å². The molecule has 1 saturated heterocycles. The van der Waals surface area contributed by atoms with Gasteiger partial charge in [0, 0.05) is 13.1 Å². The Labute approximate surface area is 114 Å². The molecule has 2 nitrogen and oxygen atoms in total. The van der Waals surface area contributed by atoms with Gasteiger partial charge >= 0.3 is 6.18 Å². The van der Waals surface area contributed by atoms with Gasteiger partial charge in [0.05, 0.1) is 23.3 Å². The fourth-order valence-electron chi connectivity index (χ4n) is 1.74. The van der Waals surface area contributed by atoms with E-state index < -0.39 is 11.7 Å². The summed E-state index contributed by atoms with van der Waals surface area (Å²) < 4.78 is 43.4. The van der Waals surface area contributed by atoms with Gasteiger partial charge in [-0.2, -0.15) is 13.2 Å². The molecular weight excluding hydrogens is 290 g/mol. The van der Waals surface area contributed by atoms with Crippen LogP contribution in [0.2, 0.25) is 5.02 Å². The molecule has 1 atom stereocenters. The zero-order valence-electron chi connectivity index (χ0n) is 9.26. The highest BCUT2D eigenvalue weighted by Crippen LogP contribution is 2.36. The summed E-state index contributed by atoms with van der Waals surface area (Å²) in [6.45, 7) is 1.73. The van der Waals surface area contributed by atoms with E-state index in [1.54, 1.807) is 6.07 Å². The van der Waals surface area contributed by atoms with Gasteiger partial charge in [-0.25, -0.2) is 0 Å². The summed E-state index contributed by atoms with van der Waals surface area (Å²) in [5.41, 5.74) is -0.320. The molecule has 2 rings (SSSR count). The van der Waals surface area contributed by atoms with Crippen LogP contribution in [0.5, 0.6) is 0 Å². The van der Waals surface area contributed by atoms with Crippen molar-refractivity contribution >= 4 is 24.0 Å². The molecule has 102 valence electrons. The highest BCUT2D eigenvalue weighted by atomic mass is 35.5. The molecule has 0 amide bonds. The maximum Gasteiger partial charge on any atom is 0.417 e. The van der Waals surface area contributed by atoms with E-state index in [-0.39, 0.29) is 23.5 Å². The minimum absolute atomic E-state index is 0. The largest absolute Gasteiger partial charge is 0.417 e. The van der Waals surface area contributed by atoms with Gasteiger partial charge in [-0.3, -0.25) is 0 Å². The third-order valence-electron chi connectivity index (χ3n) is 2.60. The van der Waals surface area contributed by atoms with Gasteiger partial charge in [-0.05, 0) is 17.7 Å². The van der Waals surface area contributed by atoms with Crippen LogP contribution in [0, 0.1) is 0 Å². The van der Waals surface area contributed by atoms with Crippen molar-refractivity contribution < 1.29 is 17.9 Å². The van der Waals surface area contributed by atoms with Crippen molar-refractivity contribution in [3.05, 3.63) is 34.3 Å². The standard InChI is InChI=1S/C11H11ClF3NO.ClH/c12-9-2-1-7(5-8(9)11(13,14)15)10-6-16-3-4-17-10;/h1-2,5,10,16H,3-4,6H2;1H. The van der Waals surface area contributed by atoms with Crippen molar-refractivity contribution in [2.75, 3.05) is 19.7 Å². The van der Waals surface area contributed by atoms with Crippen molar-refractivity contribution in [1.29, 1.82) is 0 Å². The van der Waals surface area contributed by atoms with Crippen molar-refractivity contribution in [3.8, 4) is 0 Å². The van der Waals surface area contributed by atoms with Crippen LogP contribution >= 0.6 is 24.0 Å². The van der Waals surface area contributed by atoms with Gasteiger partial charge in [0.25, 0.3) is 0 Å². The first-order valence-corrected chi connectivity index (χ1v) is 5.55. The molecule has 1 aromatic rings. The van der Waals surface area contributed by atoms with E-state index in [2.05, 4.69) is 5.32 Å². The van der Waals surface area contributed by atoms with Crippen molar-refractivity contribution in [3.63, 3.8) is 0 Å². The number of alkyl halides is 3. The van der Waals surface area contributed by atoms with E-state index >= 15 is 0 Å². The summed E-state index contributed by atoms with van der Waals surface area (Å²) >= 11 is 5.54. The Kier molecular flexibility index (Phi) is 5.28. The lowest BCUT2D eigenvalue weighted by molar-refractivity contribution is -0.137. The zero-order valence-corrected chi connectivity index (χ0v) is 10.8. The fourth-order valence-corrected chi connectivity index (χ4v) is 1.96. The van der Waals surface area contributed by atoms with Gasteiger partial charge in [-0.15, -0.1) is 12.4 Å². The number of morpholine rings is 1. The van der Waals surface area contributed by atoms with Crippen LogP contribution in [0.4, 0.5) is 13.2 Å². The fraction of sp³-hybridized carbons (Fsp3) is 0.455. The summed E-state index contributed by atoms with van der Waals surface area (Å²) in [5.74, 6) is 0. The lowest BCUT2D eigenvalue weighted by Gasteiger charge is -2.24. The Morgan fingerprint density at radius 2 is 2.06 bits per heavy atom. The summed E-state index contributed by atoms with van der Waals surface area (Å²) in [5, 5.41) is 2.78. The summed E-state index contributed by atoms with van der Waals surface area (Å²) in [6.07, 6.45) is -4.78. The van der Waals surface area contributed by atoms with Crippen LogP contribution in [0.1, 0.15) is 17.2 Å². The van der Waals surface area contributed by atoms with E-state index in [4.69, 9.17) is 16.3 Å². The van der Waals surface area contributed by atoms with E-state index in [1.165, 1.54) is 6.07 Å². The highest BCUT2D eigenvalue weighted by Gasteiger charge is 2.34. The molecule has 0 radical (unpaired) electrons. The second-order valence-corrected chi connectivity index (χ2v) is 4.21. The van der Waals surface area contributed by atoms with Crippen LogP contribution < -0.4 is 5.32 Å². The number of halogens is 5. The van der Waals surface area contributed by atoms with Gasteiger partial charge < -0.3 is 10.1 Å². The Bertz CT molecular complexity index is 406. The molecule has 0 bridgehead atoms. The monoisotopic (exact) mass is 301 g/mol. The molecule has 0 aromatic heterocycles. The third-order valence-corrected chi connectivity index (χ3v) is 2.92. The predicted molar refractivity (Wildman–Crippen MR) is 65.3 cm³/mol. The van der Waals surface area contributed by atoms with Crippen molar-refractivity contribution in [2.45, 2.75) is 12.3 Å². The molecule has 0 spiro atoms. The van der Waals surface area contributed by atoms with Gasteiger partial charge in [-0.1, -0.05) is 17.7 Å². The topological polar surface area (TPSA) is 21.3 Å². The second-order valence-electron chi connectivity index (χ2n) is 3.80. The van der Waals surface area contributed by atoms with Crippen LogP contribution in [0.25, 0.3) is 0 Å². The molecule has 1 unspecified atom stereocenters. The molecule has 1 fully saturated rings. The first kappa shape index (κ1) is 15.6. The van der Waals surface area contributed by atoms with Gasteiger partial charge in [0.1, 0.15) is 0 Å². The van der Waals surface area contributed by atoms with E-state index in [9.17, 15) is 13.2 Å². The smallest absolute Gasteiger partial charge is 0.371 e. The van der Waals surface area contributed by atoms with Crippen LogP contribution in [-0.2, 0) is 10.9 Å². The maximum absolute atomic E-state index is 12.7. The van der Waals surface area contributed by atoms with Gasteiger partial charge in [0.2, 0.25) is 0 Å². The Morgan fingerprint density at radius 3 is 2.61 bits per heavy atom. The molecule has 1 aliphatic heterocycles. The third kappa shape index (κ3) is 3.51. The molecular formula is C11H12Cl2F3NO. The van der Waals surface area contributed by atoms with Crippen LogP contribution in [0.3, 0.4) is 0 Å². The zero-order chi connectivity index (χ0) is 12.5. The lowest BCUT2D eigenvalue weighted by atomic mass is 10.0. The van der Waals surface area contributed by atoms with Crippen LogP contribution in [0.15, 0.2) is 18.2 Å². The predicted octanol–water partition coefficient (Wildman–Crippen LogP) is 3.44. The summed E-state index contributed by atoms with van der Waals surface area (Å²) in [6, 6.07) is 3.88. The SMILES string of the molecule is Cl.FC(F)(F)c1cc(C2CNCCO2)ccc1Cl. The number of ether oxygens (including phenoxy) is 1. The average molecular weight is 302 g/mol. The van der Waals surface area contributed by atoms with Crippen molar-refractivity contribution in [2.24, 2.45) is 0 Å². The quantitative estimate of drug-likeness (QED) is 0.858. The Morgan fingerprint density at radius 1 is 1.33 bits per heavy atom. The average Bonchev–Trinajstić information content (AvgIpc) is 2.29. The molecule has 1 heterocycles. The minimum atomic E-state index is -4.44. The lowest BCUT2D eigenvalue weighted by Crippen LogP contribution is -2.33.